The van der Waals surface area contributed by atoms with Crippen molar-refractivity contribution in [3.05, 3.63) is 61.1 Å². The Balaban J connectivity index is 2.11. The van der Waals surface area contributed by atoms with Crippen LogP contribution in [0.15, 0.2) is 46.0 Å². The molecule has 2 rings (SSSR count). The average molecular weight is 459 g/mol. The van der Waals surface area contributed by atoms with E-state index < -0.39 is 0 Å². The molecular formula is C15H12BrIN2O2. The molecule has 108 valence electrons. The molecule has 0 saturated carbocycles. The first kappa shape index (κ1) is 16.0. The molecule has 4 nitrogen and oxygen atoms in total. The number of aryl methyl sites for hydroxylation is 1. The van der Waals surface area contributed by atoms with Gasteiger partial charge in [-0.1, -0.05) is 22.0 Å². The van der Waals surface area contributed by atoms with Gasteiger partial charge in [-0.3, -0.25) is 4.79 Å². The van der Waals surface area contributed by atoms with Crippen molar-refractivity contribution in [2.45, 2.75) is 6.92 Å². The number of nitrogens with zero attached hydrogens (tertiary/aromatic N) is 1. The SMILES string of the molecule is Cc1cc(Br)cc(/C=N\NC(=O)c2cccc(I)c2)c1O. The van der Waals surface area contributed by atoms with Crippen molar-refractivity contribution < 1.29 is 9.90 Å². The lowest BCUT2D eigenvalue weighted by Gasteiger charge is -2.04. The van der Waals surface area contributed by atoms with Gasteiger partial charge in [-0.2, -0.15) is 5.10 Å². The highest BCUT2D eigenvalue weighted by molar-refractivity contribution is 14.1. The van der Waals surface area contributed by atoms with Gasteiger partial charge < -0.3 is 5.11 Å². The summed E-state index contributed by atoms with van der Waals surface area (Å²) in [7, 11) is 0. The minimum absolute atomic E-state index is 0.144. The fraction of sp³-hybridized carbons (Fsp3) is 0.0667. The van der Waals surface area contributed by atoms with Gasteiger partial charge in [0.1, 0.15) is 5.75 Å². The summed E-state index contributed by atoms with van der Waals surface area (Å²) in [6, 6.07) is 10.7. The third-order valence-electron chi connectivity index (χ3n) is 2.75. The van der Waals surface area contributed by atoms with Crippen molar-refractivity contribution >= 4 is 50.6 Å². The van der Waals surface area contributed by atoms with Crippen molar-refractivity contribution in [1.82, 2.24) is 5.43 Å². The van der Waals surface area contributed by atoms with Crippen LogP contribution in [0.25, 0.3) is 0 Å². The zero-order chi connectivity index (χ0) is 15.4. The number of halogens is 2. The topological polar surface area (TPSA) is 61.7 Å². The van der Waals surface area contributed by atoms with Crippen molar-refractivity contribution in [2.24, 2.45) is 5.10 Å². The lowest BCUT2D eigenvalue weighted by atomic mass is 10.1. The first-order chi connectivity index (χ1) is 9.97. The van der Waals surface area contributed by atoms with Crippen molar-refractivity contribution in [2.75, 3.05) is 0 Å². The molecule has 0 aliphatic rings. The first-order valence-electron chi connectivity index (χ1n) is 6.05. The molecule has 0 fully saturated rings. The molecule has 0 spiro atoms. The van der Waals surface area contributed by atoms with Crippen LogP contribution in [0.4, 0.5) is 0 Å². The fourth-order valence-electron chi connectivity index (χ4n) is 1.71. The van der Waals surface area contributed by atoms with E-state index in [9.17, 15) is 9.90 Å². The van der Waals surface area contributed by atoms with E-state index in [2.05, 4.69) is 49.0 Å². The molecule has 2 N–H and O–H groups in total. The molecule has 0 heterocycles. The number of rotatable bonds is 3. The minimum atomic E-state index is -0.295. The predicted molar refractivity (Wildman–Crippen MR) is 94.8 cm³/mol. The van der Waals surface area contributed by atoms with Gasteiger partial charge in [0.2, 0.25) is 0 Å². The van der Waals surface area contributed by atoms with Gasteiger partial charge in [0.15, 0.2) is 0 Å². The van der Waals surface area contributed by atoms with Crippen molar-refractivity contribution in [3.63, 3.8) is 0 Å². The van der Waals surface area contributed by atoms with Crippen LogP contribution in [0.5, 0.6) is 5.75 Å². The third-order valence-corrected chi connectivity index (χ3v) is 3.88. The number of nitrogens with one attached hydrogen (secondary N) is 1. The Labute approximate surface area is 144 Å². The van der Waals surface area contributed by atoms with Gasteiger partial charge in [0, 0.05) is 19.2 Å². The van der Waals surface area contributed by atoms with Gasteiger partial charge in [-0.25, -0.2) is 5.43 Å². The van der Waals surface area contributed by atoms with Crippen LogP contribution in [0, 0.1) is 10.5 Å². The molecule has 0 bridgehead atoms. The van der Waals surface area contributed by atoms with E-state index in [4.69, 9.17) is 0 Å². The van der Waals surface area contributed by atoms with E-state index in [1.807, 2.05) is 12.1 Å². The smallest absolute Gasteiger partial charge is 0.271 e. The van der Waals surface area contributed by atoms with Crippen LogP contribution in [0.3, 0.4) is 0 Å². The van der Waals surface area contributed by atoms with E-state index in [1.54, 1.807) is 31.2 Å². The Morgan fingerprint density at radius 1 is 1.38 bits per heavy atom. The highest BCUT2D eigenvalue weighted by Crippen LogP contribution is 2.25. The molecule has 0 aliphatic carbocycles. The zero-order valence-corrected chi connectivity index (χ0v) is 14.8. The maximum absolute atomic E-state index is 11.9. The second-order valence-corrected chi connectivity index (χ2v) is 6.53. The number of hydrogen-bond donors (Lipinski definition) is 2. The van der Waals surface area contributed by atoms with E-state index >= 15 is 0 Å². The summed E-state index contributed by atoms with van der Waals surface area (Å²) in [5, 5.41) is 13.8. The van der Waals surface area contributed by atoms with Crippen LogP contribution in [-0.4, -0.2) is 17.2 Å². The lowest BCUT2D eigenvalue weighted by Crippen LogP contribution is -2.17. The van der Waals surface area contributed by atoms with Crippen LogP contribution in [0.2, 0.25) is 0 Å². The van der Waals surface area contributed by atoms with Gasteiger partial charge in [0.25, 0.3) is 5.91 Å². The third kappa shape index (κ3) is 4.28. The summed E-state index contributed by atoms with van der Waals surface area (Å²) in [5.74, 6) is -0.151. The molecule has 0 aromatic heterocycles. The summed E-state index contributed by atoms with van der Waals surface area (Å²) in [6.45, 7) is 1.79. The molecule has 0 aliphatic heterocycles. The molecule has 2 aromatic carbocycles. The van der Waals surface area contributed by atoms with Crippen LogP contribution in [0.1, 0.15) is 21.5 Å². The number of carbonyl (C=O) groups is 1. The van der Waals surface area contributed by atoms with Crippen molar-refractivity contribution in [1.29, 1.82) is 0 Å². The monoisotopic (exact) mass is 458 g/mol. The van der Waals surface area contributed by atoms with Crippen LogP contribution < -0.4 is 5.43 Å². The molecule has 0 unspecified atom stereocenters. The van der Waals surface area contributed by atoms with Gasteiger partial charge >= 0.3 is 0 Å². The summed E-state index contributed by atoms with van der Waals surface area (Å²) in [5.41, 5.74) is 4.24. The number of hydrazone groups is 1. The molecule has 0 radical (unpaired) electrons. The lowest BCUT2D eigenvalue weighted by molar-refractivity contribution is 0.0955. The first-order valence-corrected chi connectivity index (χ1v) is 7.92. The fourth-order valence-corrected chi connectivity index (χ4v) is 2.85. The molecule has 2 aromatic rings. The Kier molecular flexibility index (Phi) is 5.35. The highest BCUT2D eigenvalue weighted by atomic mass is 127. The van der Waals surface area contributed by atoms with E-state index in [0.29, 0.717) is 11.1 Å². The Bertz CT molecular complexity index is 717. The van der Waals surface area contributed by atoms with E-state index in [0.717, 1.165) is 13.6 Å². The van der Waals surface area contributed by atoms with Gasteiger partial charge in [-0.05, 0) is 65.4 Å². The van der Waals surface area contributed by atoms with Gasteiger partial charge in [0.05, 0.1) is 6.21 Å². The van der Waals surface area contributed by atoms with Crippen LogP contribution in [-0.2, 0) is 0 Å². The Hall–Kier alpha value is -1.41. The number of phenolic OH excluding ortho intramolecular Hbond substituents is 1. The summed E-state index contributed by atoms with van der Waals surface area (Å²) in [6.07, 6.45) is 1.42. The largest absolute Gasteiger partial charge is 0.507 e. The summed E-state index contributed by atoms with van der Waals surface area (Å²) >= 11 is 5.49. The van der Waals surface area contributed by atoms with Crippen molar-refractivity contribution in [3.8, 4) is 5.75 Å². The Morgan fingerprint density at radius 3 is 2.86 bits per heavy atom. The second kappa shape index (κ2) is 7.04. The second-order valence-electron chi connectivity index (χ2n) is 4.37. The zero-order valence-electron chi connectivity index (χ0n) is 11.1. The number of carbonyl (C=O) groups excluding carboxylic acids is 1. The molecular weight excluding hydrogens is 447 g/mol. The average Bonchev–Trinajstić information content (AvgIpc) is 2.43. The van der Waals surface area contributed by atoms with E-state index in [1.165, 1.54) is 6.21 Å². The molecule has 0 atom stereocenters. The maximum atomic E-state index is 11.9. The summed E-state index contributed by atoms with van der Waals surface area (Å²) < 4.78 is 1.81. The normalized spacial score (nSPS) is 10.8. The molecule has 21 heavy (non-hydrogen) atoms. The summed E-state index contributed by atoms with van der Waals surface area (Å²) in [4.78, 5) is 11.9. The number of phenols is 1. The van der Waals surface area contributed by atoms with Crippen LogP contribution >= 0.6 is 38.5 Å². The minimum Gasteiger partial charge on any atom is -0.507 e. The number of aromatic hydroxyl groups is 1. The maximum Gasteiger partial charge on any atom is 0.271 e. The number of benzene rings is 2. The highest BCUT2D eigenvalue weighted by Gasteiger charge is 2.06. The Morgan fingerprint density at radius 2 is 2.14 bits per heavy atom. The molecule has 0 saturated heterocycles. The van der Waals surface area contributed by atoms with Gasteiger partial charge in [-0.15, -0.1) is 0 Å². The number of amides is 1. The number of hydrogen-bond acceptors (Lipinski definition) is 3. The molecule has 6 heteroatoms. The quantitative estimate of drug-likeness (QED) is 0.417. The molecule has 1 amide bonds. The predicted octanol–water partition coefficient (Wildman–Crippen LogP) is 3.83. The van der Waals surface area contributed by atoms with E-state index in [-0.39, 0.29) is 11.7 Å². The standard InChI is InChI=1S/C15H12BrIN2O2/c1-9-5-12(16)6-11(14(9)20)8-18-19-15(21)10-3-2-4-13(17)7-10/h2-8,20H,1H3,(H,19,21)/b18-8-.